The molecule has 1 heterocycles. The summed E-state index contributed by atoms with van der Waals surface area (Å²) >= 11 is 0. The summed E-state index contributed by atoms with van der Waals surface area (Å²) in [6.07, 6.45) is 0. The number of aliphatic hydroxyl groups excluding tert-OH is 1. The Bertz CT molecular complexity index is 1090. The Balaban J connectivity index is 2.09. The third-order valence-corrected chi connectivity index (χ3v) is 4.89. The van der Waals surface area contributed by atoms with Crippen LogP contribution in [0.5, 0.6) is 5.75 Å². The first-order valence-electron chi connectivity index (χ1n) is 9.55. The van der Waals surface area contributed by atoms with Gasteiger partial charge in [-0.25, -0.2) is 0 Å². The van der Waals surface area contributed by atoms with Gasteiger partial charge in [-0.1, -0.05) is 12.1 Å². The van der Waals surface area contributed by atoms with Gasteiger partial charge in [0.1, 0.15) is 11.5 Å². The second-order valence-electron chi connectivity index (χ2n) is 6.95. The Morgan fingerprint density at radius 2 is 1.75 bits per heavy atom. The third-order valence-electron chi connectivity index (χ3n) is 4.89. The highest BCUT2D eigenvalue weighted by atomic mass is 16.6. The normalized spacial score (nSPS) is 17.4. The summed E-state index contributed by atoms with van der Waals surface area (Å²) in [7, 11) is 1.45. The van der Waals surface area contributed by atoms with Crippen LogP contribution in [-0.4, -0.2) is 52.9 Å². The highest BCUT2D eigenvalue weighted by molar-refractivity contribution is 6.46. The number of nitro benzene ring substituents is 1. The van der Waals surface area contributed by atoms with Gasteiger partial charge in [0, 0.05) is 38.3 Å². The van der Waals surface area contributed by atoms with Crippen LogP contribution in [0, 0.1) is 10.1 Å². The van der Waals surface area contributed by atoms with Crippen molar-refractivity contribution in [3.8, 4) is 5.75 Å². The van der Waals surface area contributed by atoms with Crippen molar-refractivity contribution in [1.82, 2.24) is 4.90 Å². The molecule has 166 valence electrons. The number of carbonyl (C=O) groups is 3. The van der Waals surface area contributed by atoms with E-state index in [-0.39, 0.29) is 35.7 Å². The Morgan fingerprint density at radius 1 is 1.12 bits per heavy atom. The van der Waals surface area contributed by atoms with Crippen molar-refractivity contribution in [3.05, 3.63) is 75.3 Å². The van der Waals surface area contributed by atoms with Crippen molar-refractivity contribution in [3.63, 3.8) is 0 Å². The molecule has 1 N–H and O–H groups in total. The van der Waals surface area contributed by atoms with Crippen LogP contribution in [0.15, 0.2) is 54.1 Å². The van der Waals surface area contributed by atoms with Gasteiger partial charge >= 0.3 is 5.97 Å². The monoisotopic (exact) mass is 440 g/mol. The topological polar surface area (TPSA) is 136 Å². The zero-order chi connectivity index (χ0) is 23.4. The SMILES string of the molecule is COCCN1C(=O)C(=O)/C(=C(\O)c2ccc([N+](=O)[O-])cc2)C1c1ccc(OC(C)=O)cc1. The van der Waals surface area contributed by atoms with Crippen molar-refractivity contribution in [2.24, 2.45) is 0 Å². The van der Waals surface area contributed by atoms with E-state index in [1.807, 2.05) is 0 Å². The first-order valence-corrected chi connectivity index (χ1v) is 9.55. The molecule has 10 nitrogen and oxygen atoms in total. The molecule has 0 aromatic heterocycles. The van der Waals surface area contributed by atoms with Crippen LogP contribution in [0.25, 0.3) is 5.76 Å². The van der Waals surface area contributed by atoms with E-state index in [1.54, 1.807) is 12.1 Å². The van der Waals surface area contributed by atoms with E-state index >= 15 is 0 Å². The highest BCUT2D eigenvalue weighted by Crippen LogP contribution is 2.39. The van der Waals surface area contributed by atoms with Crippen molar-refractivity contribution >= 4 is 29.1 Å². The van der Waals surface area contributed by atoms with Gasteiger partial charge in [-0.15, -0.1) is 0 Å². The number of carbonyl (C=O) groups excluding carboxylic acids is 3. The number of methoxy groups -OCH3 is 1. The first-order chi connectivity index (χ1) is 15.2. The standard InChI is InChI=1S/C22H20N2O8/c1-13(25)32-17-9-5-14(6-10-17)19-18(21(27)22(28)23(19)11-12-31-2)20(26)15-3-7-16(8-4-15)24(29)30/h3-10,19,26H,11-12H2,1-2H3/b20-18-. The number of nitrogens with zero attached hydrogens (tertiary/aromatic N) is 2. The number of amides is 1. The van der Waals surface area contributed by atoms with Gasteiger partial charge in [-0.2, -0.15) is 0 Å². The van der Waals surface area contributed by atoms with E-state index < -0.39 is 34.4 Å². The molecule has 1 atom stereocenters. The minimum atomic E-state index is -0.924. The number of benzene rings is 2. The summed E-state index contributed by atoms with van der Waals surface area (Å²) in [5.74, 6) is -2.36. The Labute approximate surface area is 182 Å². The molecule has 1 aliphatic rings. The fourth-order valence-electron chi connectivity index (χ4n) is 3.43. The minimum absolute atomic E-state index is 0.0917. The second-order valence-corrected chi connectivity index (χ2v) is 6.95. The van der Waals surface area contributed by atoms with Crippen LogP contribution in [0.1, 0.15) is 24.1 Å². The summed E-state index contributed by atoms with van der Waals surface area (Å²) in [6.45, 7) is 1.51. The van der Waals surface area contributed by atoms with Crippen molar-refractivity contribution in [2.45, 2.75) is 13.0 Å². The molecular weight excluding hydrogens is 420 g/mol. The van der Waals surface area contributed by atoms with E-state index in [2.05, 4.69) is 0 Å². The first kappa shape index (κ1) is 22.6. The lowest BCUT2D eigenvalue weighted by Gasteiger charge is -2.25. The Hall–Kier alpha value is -4.05. The van der Waals surface area contributed by atoms with Crippen LogP contribution in [0.2, 0.25) is 0 Å². The van der Waals surface area contributed by atoms with Crippen LogP contribution < -0.4 is 4.74 Å². The van der Waals surface area contributed by atoms with Crippen LogP contribution in [0.4, 0.5) is 5.69 Å². The number of ether oxygens (including phenoxy) is 2. The van der Waals surface area contributed by atoms with E-state index in [4.69, 9.17) is 9.47 Å². The van der Waals surface area contributed by atoms with Gasteiger partial charge < -0.3 is 19.5 Å². The van der Waals surface area contributed by atoms with E-state index in [1.165, 1.54) is 55.3 Å². The lowest BCUT2D eigenvalue weighted by Crippen LogP contribution is -2.32. The van der Waals surface area contributed by atoms with E-state index in [0.717, 1.165) is 0 Å². The molecule has 0 radical (unpaired) electrons. The molecule has 1 fully saturated rings. The molecule has 3 rings (SSSR count). The molecule has 1 aliphatic heterocycles. The molecule has 0 spiro atoms. The highest BCUT2D eigenvalue weighted by Gasteiger charge is 2.45. The maximum absolute atomic E-state index is 12.8. The Kier molecular flexibility index (Phi) is 6.64. The number of Topliss-reactive ketones (excluding diaryl/α,β-unsaturated/α-hetero) is 1. The van der Waals surface area contributed by atoms with E-state index in [9.17, 15) is 29.6 Å². The quantitative estimate of drug-likeness (QED) is 0.132. The number of likely N-dealkylation sites (tertiary alicyclic amines) is 1. The van der Waals surface area contributed by atoms with Crippen LogP contribution >= 0.6 is 0 Å². The molecule has 1 saturated heterocycles. The summed E-state index contributed by atoms with van der Waals surface area (Å²) in [4.78, 5) is 48.3. The summed E-state index contributed by atoms with van der Waals surface area (Å²) in [5.41, 5.74) is 0.321. The molecule has 2 aromatic rings. The van der Waals surface area contributed by atoms with Crippen LogP contribution in [0.3, 0.4) is 0 Å². The lowest BCUT2D eigenvalue weighted by atomic mass is 9.95. The number of esters is 1. The van der Waals surface area contributed by atoms with Gasteiger partial charge in [0.15, 0.2) is 0 Å². The number of hydrogen-bond donors (Lipinski definition) is 1. The molecule has 10 heteroatoms. The zero-order valence-corrected chi connectivity index (χ0v) is 17.3. The number of ketones is 1. The second kappa shape index (κ2) is 9.40. The fraction of sp³-hybridized carbons (Fsp3) is 0.227. The smallest absolute Gasteiger partial charge is 0.308 e. The average Bonchev–Trinajstić information content (AvgIpc) is 3.02. The zero-order valence-electron chi connectivity index (χ0n) is 17.3. The maximum atomic E-state index is 12.8. The van der Waals surface area contributed by atoms with Gasteiger partial charge in [0.25, 0.3) is 17.4 Å². The predicted molar refractivity (Wildman–Crippen MR) is 112 cm³/mol. The summed E-state index contributed by atoms with van der Waals surface area (Å²) in [5, 5.41) is 21.8. The summed E-state index contributed by atoms with van der Waals surface area (Å²) < 4.78 is 10.1. The number of aliphatic hydroxyl groups is 1. The third kappa shape index (κ3) is 4.49. The van der Waals surface area contributed by atoms with Crippen molar-refractivity contribution in [1.29, 1.82) is 0 Å². The summed E-state index contributed by atoms with van der Waals surface area (Å²) in [6, 6.07) is 10.3. The minimum Gasteiger partial charge on any atom is -0.507 e. The molecule has 0 saturated carbocycles. The van der Waals surface area contributed by atoms with Gasteiger partial charge in [-0.3, -0.25) is 24.5 Å². The molecule has 2 aromatic carbocycles. The maximum Gasteiger partial charge on any atom is 0.308 e. The van der Waals surface area contributed by atoms with Gasteiger partial charge in [-0.05, 0) is 29.8 Å². The Morgan fingerprint density at radius 3 is 2.28 bits per heavy atom. The molecule has 0 aliphatic carbocycles. The molecule has 0 bridgehead atoms. The molecular formula is C22H20N2O8. The molecule has 32 heavy (non-hydrogen) atoms. The fourth-order valence-corrected chi connectivity index (χ4v) is 3.43. The number of non-ortho nitro benzene ring substituents is 1. The van der Waals surface area contributed by atoms with Gasteiger partial charge in [0.05, 0.1) is 23.1 Å². The number of nitro groups is 1. The van der Waals surface area contributed by atoms with Gasteiger partial charge in [0.2, 0.25) is 0 Å². The number of rotatable bonds is 7. The predicted octanol–water partition coefficient (Wildman–Crippen LogP) is 2.59. The molecule has 1 unspecified atom stereocenters. The van der Waals surface area contributed by atoms with Crippen molar-refractivity contribution < 1.29 is 33.9 Å². The van der Waals surface area contributed by atoms with Crippen LogP contribution in [-0.2, 0) is 19.1 Å². The lowest BCUT2D eigenvalue weighted by molar-refractivity contribution is -0.384. The van der Waals surface area contributed by atoms with Crippen molar-refractivity contribution in [2.75, 3.05) is 20.3 Å². The van der Waals surface area contributed by atoms with E-state index in [0.29, 0.717) is 5.56 Å². The molecule has 1 amide bonds. The average molecular weight is 440 g/mol. The number of hydrogen-bond acceptors (Lipinski definition) is 8. The largest absolute Gasteiger partial charge is 0.507 e.